The number of nitrogens with one attached hydrogen (secondary N) is 1. The van der Waals surface area contributed by atoms with Crippen molar-refractivity contribution in [1.82, 2.24) is 4.98 Å². The van der Waals surface area contributed by atoms with Crippen LogP contribution in [0, 0.1) is 0 Å². The monoisotopic (exact) mass is 240 g/mol. The molecule has 0 bridgehead atoms. The average molecular weight is 241 g/mol. The van der Waals surface area contributed by atoms with Gasteiger partial charge in [0.25, 0.3) is 0 Å². The standard InChI is InChI=1S/C11H10Cl2N2/c1-2-14-11-8-3-4-9(12)10(13)7(8)5-6-15-11/h3-6H,2H2,1H3,(H,14,15). The van der Waals surface area contributed by atoms with Gasteiger partial charge in [0.15, 0.2) is 0 Å². The van der Waals surface area contributed by atoms with Gasteiger partial charge >= 0.3 is 0 Å². The molecule has 0 aliphatic heterocycles. The summed E-state index contributed by atoms with van der Waals surface area (Å²) in [7, 11) is 0. The van der Waals surface area contributed by atoms with Crippen molar-refractivity contribution in [3.63, 3.8) is 0 Å². The third-order valence-corrected chi connectivity index (χ3v) is 3.00. The fourth-order valence-electron chi connectivity index (χ4n) is 1.50. The van der Waals surface area contributed by atoms with Crippen LogP contribution in [0.25, 0.3) is 10.8 Å². The lowest BCUT2D eigenvalue weighted by atomic mass is 10.1. The van der Waals surface area contributed by atoms with E-state index in [1.165, 1.54) is 0 Å². The van der Waals surface area contributed by atoms with Crippen LogP contribution in [-0.2, 0) is 0 Å². The van der Waals surface area contributed by atoms with Crippen molar-refractivity contribution < 1.29 is 0 Å². The predicted octanol–water partition coefficient (Wildman–Crippen LogP) is 3.97. The topological polar surface area (TPSA) is 24.9 Å². The first-order valence-electron chi connectivity index (χ1n) is 4.70. The van der Waals surface area contributed by atoms with Crippen LogP contribution in [0.1, 0.15) is 6.92 Å². The van der Waals surface area contributed by atoms with E-state index >= 15 is 0 Å². The van der Waals surface area contributed by atoms with E-state index in [0.717, 1.165) is 23.1 Å². The maximum absolute atomic E-state index is 6.11. The fourth-order valence-corrected chi connectivity index (χ4v) is 1.89. The van der Waals surface area contributed by atoms with Crippen LogP contribution in [0.2, 0.25) is 10.0 Å². The molecule has 4 heteroatoms. The van der Waals surface area contributed by atoms with E-state index in [1.807, 2.05) is 19.1 Å². The zero-order valence-corrected chi connectivity index (χ0v) is 9.73. The minimum absolute atomic E-state index is 0.567. The lowest BCUT2D eigenvalue weighted by Crippen LogP contribution is -1.99. The molecule has 15 heavy (non-hydrogen) atoms. The number of halogens is 2. The molecular formula is C11H10Cl2N2. The highest BCUT2D eigenvalue weighted by Gasteiger charge is 2.07. The van der Waals surface area contributed by atoms with Crippen LogP contribution in [0.4, 0.5) is 5.82 Å². The number of aromatic nitrogens is 1. The molecule has 2 aromatic rings. The summed E-state index contributed by atoms with van der Waals surface area (Å²) in [5.41, 5.74) is 0. The van der Waals surface area contributed by atoms with Gasteiger partial charge in [0.05, 0.1) is 10.0 Å². The Morgan fingerprint density at radius 1 is 1.20 bits per heavy atom. The molecule has 0 atom stereocenters. The highest BCUT2D eigenvalue weighted by atomic mass is 35.5. The second kappa shape index (κ2) is 4.25. The summed E-state index contributed by atoms with van der Waals surface area (Å²) >= 11 is 12.1. The van der Waals surface area contributed by atoms with E-state index in [1.54, 1.807) is 12.3 Å². The van der Waals surface area contributed by atoms with Gasteiger partial charge in [-0.3, -0.25) is 0 Å². The minimum Gasteiger partial charge on any atom is -0.370 e. The second-order valence-electron chi connectivity index (χ2n) is 3.15. The molecule has 0 aliphatic rings. The number of rotatable bonds is 2. The van der Waals surface area contributed by atoms with Crippen molar-refractivity contribution >= 4 is 39.8 Å². The Bertz CT molecular complexity index is 497. The quantitative estimate of drug-likeness (QED) is 0.860. The molecule has 0 aliphatic carbocycles. The number of fused-ring (bicyclic) bond motifs is 1. The summed E-state index contributed by atoms with van der Waals surface area (Å²) in [4.78, 5) is 4.25. The summed E-state index contributed by atoms with van der Waals surface area (Å²) in [5.74, 6) is 0.841. The lowest BCUT2D eigenvalue weighted by Gasteiger charge is -2.08. The van der Waals surface area contributed by atoms with Crippen molar-refractivity contribution in [3.05, 3.63) is 34.4 Å². The van der Waals surface area contributed by atoms with Crippen LogP contribution in [-0.4, -0.2) is 11.5 Å². The number of hydrogen-bond acceptors (Lipinski definition) is 2. The van der Waals surface area contributed by atoms with Gasteiger partial charge in [-0.25, -0.2) is 4.98 Å². The van der Waals surface area contributed by atoms with Gasteiger partial charge < -0.3 is 5.32 Å². The molecule has 0 saturated carbocycles. The molecule has 78 valence electrons. The molecule has 0 amide bonds. The van der Waals surface area contributed by atoms with E-state index in [0.29, 0.717) is 10.0 Å². The van der Waals surface area contributed by atoms with Gasteiger partial charge in [0.1, 0.15) is 5.82 Å². The van der Waals surface area contributed by atoms with Crippen LogP contribution >= 0.6 is 23.2 Å². The molecule has 2 rings (SSSR count). The van der Waals surface area contributed by atoms with E-state index < -0.39 is 0 Å². The number of benzene rings is 1. The van der Waals surface area contributed by atoms with Crippen LogP contribution in [0.15, 0.2) is 24.4 Å². The Kier molecular flexibility index (Phi) is 2.98. The van der Waals surface area contributed by atoms with Crippen molar-refractivity contribution in [2.24, 2.45) is 0 Å². The van der Waals surface area contributed by atoms with Gasteiger partial charge in [0, 0.05) is 23.5 Å². The Balaban J connectivity index is 2.72. The predicted molar refractivity (Wildman–Crippen MR) is 65.9 cm³/mol. The summed E-state index contributed by atoms with van der Waals surface area (Å²) in [6, 6.07) is 5.58. The maximum Gasteiger partial charge on any atom is 0.133 e. The highest BCUT2D eigenvalue weighted by molar-refractivity contribution is 6.45. The first-order valence-corrected chi connectivity index (χ1v) is 5.46. The second-order valence-corrected chi connectivity index (χ2v) is 3.93. The summed E-state index contributed by atoms with van der Waals surface area (Å²) in [6.45, 7) is 2.85. The fraction of sp³-hybridized carbons (Fsp3) is 0.182. The van der Waals surface area contributed by atoms with Gasteiger partial charge in [-0.15, -0.1) is 0 Å². The van der Waals surface area contributed by atoms with Crippen molar-refractivity contribution in [2.45, 2.75) is 6.92 Å². The molecule has 0 saturated heterocycles. The Morgan fingerprint density at radius 2 is 2.00 bits per heavy atom. The molecular weight excluding hydrogens is 231 g/mol. The van der Waals surface area contributed by atoms with Gasteiger partial charge in [0.2, 0.25) is 0 Å². The zero-order valence-electron chi connectivity index (χ0n) is 8.22. The molecule has 1 N–H and O–H groups in total. The molecule has 1 aromatic heterocycles. The van der Waals surface area contributed by atoms with Gasteiger partial charge in [-0.05, 0) is 25.1 Å². The highest BCUT2D eigenvalue weighted by Crippen LogP contribution is 2.32. The van der Waals surface area contributed by atoms with Crippen LogP contribution < -0.4 is 5.32 Å². The summed E-state index contributed by atoms with van der Waals surface area (Å²) < 4.78 is 0. The van der Waals surface area contributed by atoms with Crippen molar-refractivity contribution in [3.8, 4) is 0 Å². The van der Waals surface area contributed by atoms with Crippen molar-refractivity contribution in [2.75, 3.05) is 11.9 Å². The van der Waals surface area contributed by atoms with Gasteiger partial charge in [-0.2, -0.15) is 0 Å². The molecule has 0 unspecified atom stereocenters. The minimum atomic E-state index is 0.567. The third-order valence-electron chi connectivity index (χ3n) is 2.18. The number of hydrogen-bond donors (Lipinski definition) is 1. The Hall–Kier alpha value is -0.990. The summed E-state index contributed by atoms with van der Waals surface area (Å²) in [6.07, 6.45) is 1.72. The van der Waals surface area contributed by atoms with Gasteiger partial charge in [-0.1, -0.05) is 23.2 Å². The maximum atomic E-state index is 6.11. The Labute approximate surface area is 98.2 Å². The molecule has 0 spiro atoms. The van der Waals surface area contributed by atoms with E-state index in [9.17, 15) is 0 Å². The number of nitrogens with zero attached hydrogens (tertiary/aromatic N) is 1. The van der Waals surface area contributed by atoms with Crippen LogP contribution in [0.3, 0.4) is 0 Å². The molecule has 0 radical (unpaired) electrons. The Morgan fingerprint density at radius 3 is 2.73 bits per heavy atom. The number of anilines is 1. The third kappa shape index (κ3) is 1.87. The molecule has 2 nitrogen and oxygen atoms in total. The molecule has 1 aromatic carbocycles. The lowest BCUT2D eigenvalue weighted by molar-refractivity contribution is 1.17. The number of pyridine rings is 1. The van der Waals surface area contributed by atoms with Crippen LogP contribution in [0.5, 0.6) is 0 Å². The van der Waals surface area contributed by atoms with Crippen molar-refractivity contribution in [1.29, 1.82) is 0 Å². The smallest absolute Gasteiger partial charge is 0.133 e. The SMILES string of the molecule is CCNc1nccc2c(Cl)c(Cl)ccc12. The first-order chi connectivity index (χ1) is 7.24. The molecule has 0 fully saturated rings. The average Bonchev–Trinajstić information content (AvgIpc) is 2.25. The molecule has 1 heterocycles. The van der Waals surface area contributed by atoms with E-state index in [-0.39, 0.29) is 0 Å². The normalized spacial score (nSPS) is 10.6. The first kappa shape index (κ1) is 10.5. The summed E-state index contributed by atoms with van der Waals surface area (Å²) in [5, 5.41) is 6.25. The van der Waals surface area contributed by atoms with E-state index in [2.05, 4.69) is 10.3 Å². The zero-order chi connectivity index (χ0) is 10.8. The largest absolute Gasteiger partial charge is 0.370 e. The van der Waals surface area contributed by atoms with E-state index in [4.69, 9.17) is 23.2 Å².